The van der Waals surface area contributed by atoms with Crippen molar-refractivity contribution in [1.82, 2.24) is 4.90 Å². The Kier molecular flexibility index (Phi) is 3.75. The molecule has 0 radical (unpaired) electrons. The molecular formula is C12H16Cl2N2. The Morgan fingerprint density at radius 2 is 2.12 bits per heavy atom. The molecule has 2 unspecified atom stereocenters. The molecule has 1 aromatic rings. The fourth-order valence-corrected chi connectivity index (χ4v) is 2.80. The van der Waals surface area contributed by atoms with Crippen molar-refractivity contribution in [3.8, 4) is 0 Å². The zero-order chi connectivity index (χ0) is 11.7. The van der Waals surface area contributed by atoms with Gasteiger partial charge in [0.25, 0.3) is 0 Å². The third-order valence-corrected chi connectivity index (χ3v) is 4.10. The summed E-state index contributed by atoms with van der Waals surface area (Å²) in [5, 5.41) is 1.23. The van der Waals surface area contributed by atoms with E-state index in [4.69, 9.17) is 28.9 Å². The van der Waals surface area contributed by atoms with E-state index in [1.54, 1.807) is 0 Å². The van der Waals surface area contributed by atoms with Gasteiger partial charge >= 0.3 is 0 Å². The normalized spacial score (nSPS) is 26.2. The van der Waals surface area contributed by atoms with Crippen molar-refractivity contribution in [1.29, 1.82) is 0 Å². The second-order valence-electron chi connectivity index (χ2n) is 4.38. The smallest absolute Gasteiger partial charge is 0.0595 e. The van der Waals surface area contributed by atoms with Gasteiger partial charge in [0.2, 0.25) is 0 Å². The van der Waals surface area contributed by atoms with Crippen molar-refractivity contribution in [3.05, 3.63) is 33.8 Å². The van der Waals surface area contributed by atoms with Crippen LogP contribution in [0.2, 0.25) is 10.0 Å². The zero-order valence-electron chi connectivity index (χ0n) is 9.29. The SMILES string of the molecule is CN1CCC(CN)C1c1ccc(Cl)c(Cl)c1. The van der Waals surface area contributed by atoms with E-state index in [0.717, 1.165) is 19.5 Å². The van der Waals surface area contributed by atoms with Crippen molar-refractivity contribution in [2.45, 2.75) is 12.5 Å². The van der Waals surface area contributed by atoms with E-state index in [1.165, 1.54) is 5.56 Å². The minimum Gasteiger partial charge on any atom is -0.330 e. The van der Waals surface area contributed by atoms with Gasteiger partial charge in [-0.25, -0.2) is 0 Å². The quantitative estimate of drug-likeness (QED) is 0.884. The average molecular weight is 259 g/mol. The number of hydrogen-bond donors (Lipinski definition) is 1. The highest BCUT2D eigenvalue weighted by molar-refractivity contribution is 6.42. The van der Waals surface area contributed by atoms with E-state index in [-0.39, 0.29) is 0 Å². The van der Waals surface area contributed by atoms with Gasteiger partial charge in [-0.05, 0) is 50.2 Å². The van der Waals surface area contributed by atoms with Crippen LogP contribution in [0.1, 0.15) is 18.0 Å². The molecule has 1 aliphatic rings. The first-order chi connectivity index (χ1) is 7.63. The van der Waals surface area contributed by atoms with Crippen LogP contribution in [0, 0.1) is 5.92 Å². The molecule has 1 heterocycles. The molecule has 2 rings (SSSR count). The summed E-state index contributed by atoms with van der Waals surface area (Å²) in [4.78, 5) is 2.33. The van der Waals surface area contributed by atoms with Crippen molar-refractivity contribution < 1.29 is 0 Å². The maximum Gasteiger partial charge on any atom is 0.0595 e. The molecule has 0 aromatic heterocycles. The van der Waals surface area contributed by atoms with Crippen LogP contribution in [0.4, 0.5) is 0 Å². The molecule has 1 fully saturated rings. The van der Waals surface area contributed by atoms with Gasteiger partial charge in [0.1, 0.15) is 0 Å². The van der Waals surface area contributed by atoms with E-state index < -0.39 is 0 Å². The summed E-state index contributed by atoms with van der Waals surface area (Å²) in [6.07, 6.45) is 1.15. The van der Waals surface area contributed by atoms with Gasteiger partial charge in [-0.1, -0.05) is 29.3 Å². The minimum atomic E-state index is 0.375. The van der Waals surface area contributed by atoms with E-state index in [0.29, 0.717) is 22.0 Å². The number of benzene rings is 1. The molecular weight excluding hydrogens is 243 g/mol. The summed E-state index contributed by atoms with van der Waals surface area (Å²) in [7, 11) is 2.13. The number of nitrogens with zero attached hydrogens (tertiary/aromatic N) is 1. The Balaban J connectivity index is 2.31. The molecule has 2 atom stereocenters. The van der Waals surface area contributed by atoms with Crippen LogP contribution in [-0.4, -0.2) is 25.0 Å². The Morgan fingerprint density at radius 1 is 1.38 bits per heavy atom. The second-order valence-corrected chi connectivity index (χ2v) is 5.20. The highest BCUT2D eigenvalue weighted by Crippen LogP contribution is 2.37. The van der Waals surface area contributed by atoms with E-state index in [9.17, 15) is 0 Å². The number of hydrogen-bond acceptors (Lipinski definition) is 2. The fraction of sp³-hybridized carbons (Fsp3) is 0.500. The van der Waals surface area contributed by atoms with Crippen molar-refractivity contribution in [2.75, 3.05) is 20.1 Å². The average Bonchev–Trinajstić information content (AvgIpc) is 2.64. The Bertz CT molecular complexity index is 381. The van der Waals surface area contributed by atoms with Gasteiger partial charge < -0.3 is 5.73 Å². The third kappa shape index (κ3) is 2.21. The Hall–Kier alpha value is -0.280. The molecule has 0 bridgehead atoms. The molecule has 0 aliphatic carbocycles. The van der Waals surface area contributed by atoms with Crippen LogP contribution in [0.15, 0.2) is 18.2 Å². The van der Waals surface area contributed by atoms with Crippen LogP contribution < -0.4 is 5.73 Å². The largest absolute Gasteiger partial charge is 0.330 e. The first-order valence-electron chi connectivity index (χ1n) is 5.48. The van der Waals surface area contributed by atoms with Gasteiger partial charge in [-0.15, -0.1) is 0 Å². The number of likely N-dealkylation sites (tertiary alicyclic amines) is 1. The fourth-order valence-electron chi connectivity index (χ4n) is 2.50. The Labute approximate surface area is 106 Å². The molecule has 88 valence electrons. The Morgan fingerprint density at radius 3 is 2.75 bits per heavy atom. The molecule has 0 spiro atoms. The summed E-state index contributed by atoms with van der Waals surface area (Å²) in [6.45, 7) is 1.81. The predicted octanol–water partition coefficient (Wildman–Crippen LogP) is 2.94. The van der Waals surface area contributed by atoms with Crippen molar-refractivity contribution in [3.63, 3.8) is 0 Å². The van der Waals surface area contributed by atoms with Gasteiger partial charge in [-0.2, -0.15) is 0 Å². The van der Waals surface area contributed by atoms with Crippen LogP contribution in [0.3, 0.4) is 0 Å². The van der Waals surface area contributed by atoms with Crippen LogP contribution in [-0.2, 0) is 0 Å². The molecule has 0 saturated carbocycles. The predicted molar refractivity (Wildman–Crippen MR) is 69.0 cm³/mol. The zero-order valence-corrected chi connectivity index (χ0v) is 10.8. The van der Waals surface area contributed by atoms with Gasteiger partial charge in [-0.3, -0.25) is 4.90 Å². The number of halogens is 2. The molecule has 1 aliphatic heterocycles. The van der Waals surface area contributed by atoms with Crippen LogP contribution in [0.5, 0.6) is 0 Å². The monoisotopic (exact) mass is 258 g/mol. The lowest BCUT2D eigenvalue weighted by Gasteiger charge is -2.25. The lowest BCUT2D eigenvalue weighted by molar-refractivity contribution is 0.279. The highest BCUT2D eigenvalue weighted by atomic mass is 35.5. The first-order valence-corrected chi connectivity index (χ1v) is 6.24. The summed E-state index contributed by atoms with van der Waals surface area (Å²) >= 11 is 12.0. The summed E-state index contributed by atoms with van der Waals surface area (Å²) < 4.78 is 0. The molecule has 2 N–H and O–H groups in total. The number of rotatable bonds is 2. The standard InChI is InChI=1S/C12H16Cl2N2/c1-16-5-4-9(7-15)12(16)8-2-3-10(13)11(14)6-8/h2-3,6,9,12H,4-5,7,15H2,1H3. The maximum atomic E-state index is 6.05. The molecule has 4 heteroatoms. The second kappa shape index (κ2) is 4.92. The first kappa shape index (κ1) is 12.2. The van der Waals surface area contributed by atoms with Gasteiger partial charge in [0.15, 0.2) is 0 Å². The molecule has 2 nitrogen and oxygen atoms in total. The molecule has 16 heavy (non-hydrogen) atoms. The molecule has 0 amide bonds. The topological polar surface area (TPSA) is 29.3 Å². The van der Waals surface area contributed by atoms with Crippen LogP contribution in [0.25, 0.3) is 0 Å². The lowest BCUT2D eigenvalue weighted by Crippen LogP contribution is -2.25. The summed E-state index contributed by atoms with van der Waals surface area (Å²) in [5.74, 6) is 0.516. The van der Waals surface area contributed by atoms with Gasteiger partial charge in [0, 0.05) is 6.04 Å². The molecule has 1 saturated heterocycles. The highest BCUT2D eigenvalue weighted by Gasteiger charge is 2.32. The van der Waals surface area contributed by atoms with Gasteiger partial charge in [0.05, 0.1) is 10.0 Å². The molecule has 1 aromatic carbocycles. The summed E-state index contributed by atoms with van der Waals surface area (Å²) in [5.41, 5.74) is 7.02. The third-order valence-electron chi connectivity index (χ3n) is 3.36. The van der Waals surface area contributed by atoms with Crippen LogP contribution >= 0.6 is 23.2 Å². The van der Waals surface area contributed by atoms with Crippen molar-refractivity contribution >= 4 is 23.2 Å². The summed E-state index contributed by atoms with van der Waals surface area (Å²) in [6, 6.07) is 6.24. The van der Waals surface area contributed by atoms with E-state index >= 15 is 0 Å². The lowest BCUT2D eigenvalue weighted by atomic mass is 9.94. The van der Waals surface area contributed by atoms with Crippen molar-refractivity contribution in [2.24, 2.45) is 11.7 Å². The minimum absolute atomic E-state index is 0.375. The number of nitrogens with two attached hydrogens (primary N) is 1. The van der Waals surface area contributed by atoms with E-state index in [1.807, 2.05) is 18.2 Å². The maximum absolute atomic E-state index is 6.05. The van der Waals surface area contributed by atoms with E-state index in [2.05, 4.69) is 11.9 Å².